The number of nitriles is 1. The van der Waals surface area contributed by atoms with Gasteiger partial charge in [-0.1, -0.05) is 41.9 Å². The van der Waals surface area contributed by atoms with Crippen molar-refractivity contribution in [3.63, 3.8) is 0 Å². The van der Waals surface area contributed by atoms with Gasteiger partial charge in [0.1, 0.15) is 12.1 Å². The van der Waals surface area contributed by atoms with E-state index < -0.39 is 10.8 Å². The van der Waals surface area contributed by atoms with Crippen molar-refractivity contribution >= 4 is 17.3 Å². The quantitative estimate of drug-likeness (QED) is 0.635. The van der Waals surface area contributed by atoms with E-state index in [0.717, 1.165) is 11.8 Å². The van der Waals surface area contributed by atoms with Crippen LogP contribution < -0.4 is 0 Å². The van der Waals surface area contributed by atoms with E-state index in [9.17, 15) is 15.4 Å². The molecule has 0 spiro atoms. The highest BCUT2D eigenvalue weighted by Crippen LogP contribution is 2.30. The molecule has 1 heterocycles. The lowest BCUT2D eigenvalue weighted by Gasteiger charge is -2.10. The molecule has 0 saturated heterocycles. The highest BCUT2D eigenvalue weighted by atomic mass is 35.5. The summed E-state index contributed by atoms with van der Waals surface area (Å²) in [4.78, 5) is 14.0. The minimum Gasteiger partial charge on any atom is -0.258 e. The van der Waals surface area contributed by atoms with Crippen LogP contribution in [0, 0.1) is 21.4 Å². The summed E-state index contributed by atoms with van der Waals surface area (Å²) in [6, 6.07) is 12.3. The highest BCUT2D eigenvalue weighted by molar-refractivity contribution is 6.31. The molecule has 94 valence electrons. The molecule has 0 aliphatic carbocycles. The van der Waals surface area contributed by atoms with E-state index in [-0.39, 0.29) is 10.7 Å². The molecule has 1 atom stereocenters. The molecule has 5 nitrogen and oxygen atoms in total. The van der Waals surface area contributed by atoms with Crippen molar-refractivity contribution in [2.75, 3.05) is 0 Å². The molecule has 0 N–H and O–H groups in total. The maximum Gasteiger partial charge on any atom is 0.289 e. The molecule has 0 aliphatic rings. The second-order valence-electron chi connectivity index (χ2n) is 3.79. The van der Waals surface area contributed by atoms with Gasteiger partial charge >= 0.3 is 0 Å². The lowest BCUT2D eigenvalue weighted by atomic mass is 9.96. The van der Waals surface area contributed by atoms with E-state index in [1.807, 2.05) is 6.07 Å². The molecule has 19 heavy (non-hydrogen) atoms. The molecule has 0 radical (unpaired) electrons. The van der Waals surface area contributed by atoms with Gasteiger partial charge in [0, 0.05) is 6.07 Å². The van der Waals surface area contributed by atoms with Gasteiger partial charge < -0.3 is 0 Å². The predicted octanol–water partition coefficient (Wildman–Crippen LogP) is 3.30. The van der Waals surface area contributed by atoms with Gasteiger partial charge in [0.2, 0.25) is 0 Å². The molecule has 0 bridgehead atoms. The fraction of sp³-hybridized carbons (Fsp3) is 0.0769. The zero-order valence-electron chi connectivity index (χ0n) is 9.65. The third-order valence-corrected chi connectivity index (χ3v) is 2.90. The zero-order chi connectivity index (χ0) is 13.8. The molecule has 0 fully saturated rings. The van der Waals surface area contributed by atoms with Crippen LogP contribution in [0.2, 0.25) is 5.02 Å². The Balaban J connectivity index is 2.46. The minimum atomic E-state index is -0.644. The highest BCUT2D eigenvalue weighted by Gasteiger charge is 2.20. The summed E-state index contributed by atoms with van der Waals surface area (Å²) < 4.78 is 0. The number of pyridine rings is 1. The van der Waals surface area contributed by atoms with E-state index in [4.69, 9.17) is 11.6 Å². The topological polar surface area (TPSA) is 79.8 Å². The van der Waals surface area contributed by atoms with Crippen molar-refractivity contribution in [1.82, 2.24) is 4.98 Å². The summed E-state index contributed by atoms with van der Waals surface area (Å²) in [6.07, 6.45) is 1.11. The molecule has 0 aliphatic heterocycles. The van der Waals surface area contributed by atoms with E-state index in [2.05, 4.69) is 11.1 Å². The lowest BCUT2D eigenvalue weighted by Crippen LogP contribution is -2.03. The van der Waals surface area contributed by atoms with Crippen molar-refractivity contribution in [2.45, 2.75) is 5.92 Å². The molecule has 1 unspecified atom stereocenters. The summed E-state index contributed by atoms with van der Waals surface area (Å²) in [6.45, 7) is 0. The minimum absolute atomic E-state index is 0.115. The van der Waals surface area contributed by atoms with E-state index >= 15 is 0 Å². The molecular formula is C13H8ClN3O2. The van der Waals surface area contributed by atoms with Gasteiger partial charge in [-0.25, -0.2) is 0 Å². The van der Waals surface area contributed by atoms with Crippen molar-refractivity contribution in [1.29, 1.82) is 5.26 Å². The third-order valence-electron chi connectivity index (χ3n) is 2.60. The number of hydrogen-bond donors (Lipinski definition) is 0. The molecule has 6 heteroatoms. The normalized spacial score (nSPS) is 11.6. The predicted molar refractivity (Wildman–Crippen MR) is 69.8 cm³/mol. The maximum absolute atomic E-state index is 10.6. The van der Waals surface area contributed by atoms with Crippen LogP contribution in [0.15, 0.2) is 42.6 Å². The summed E-state index contributed by atoms with van der Waals surface area (Å²) in [5, 5.41) is 20.0. The van der Waals surface area contributed by atoms with Crippen LogP contribution in [0.4, 0.5) is 5.69 Å². The molecule has 2 aromatic rings. The van der Waals surface area contributed by atoms with E-state index in [1.165, 1.54) is 6.07 Å². The second-order valence-corrected chi connectivity index (χ2v) is 4.20. The first-order valence-electron chi connectivity index (χ1n) is 5.38. The average Bonchev–Trinajstić information content (AvgIpc) is 2.42. The maximum atomic E-state index is 10.6. The standard InChI is InChI=1S/C13H8ClN3O2/c14-12-6-10(17(18)19)8-16-13(12)11(7-15)9-4-2-1-3-5-9/h1-6,8,11H. The number of hydrogen-bond acceptors (Lipinski definition) is 4. The van der Waals surface area contributed by atoms with E-state index in [1.54, 1.807) is 24.3 Å². The second kappa shape index (κ2) is 5.46. The fourth-order valence-corrected chi connectivity index (χ4v) is 1.96. The third kappa shape index (κ3) is 2.69. The number of nitro groups is 1. The van der Waals surface area contributed by atoms with Gasteiger partial charge in [-0.15, -0.1) is 0 Å². The Morgan fingerprint density at radius 3 is 2.58 bits per heavy atom. The van der Waals surface area contributed by atoms with Crippen molar-refractivity contribution in [3.8, 4) is 6.07 Å². The van der Waals surface area contributed by atoms with Crippen molar-refractivity contribution in [3.05, 3.63) is 69.0 Å². The zero-order valence-corrected chi connectivity index (χ0v) is 10.4. The van der Waals surface area contributed by atoms with Crippen LogP contribution in [0.1, 0.15) is 17.2 Å². The monoisotopic (exact) mass is 273 g/mol. The largest absolute Gasteiger partial charge is 0.289 e. The molecule has 2 rings (SSSR count). The Morgan fingerprint density at radius 1 is 1.37 bits per heavy atom. The molecule has 1 aromatic heterocycles. The van der Waals surface area contributed by atoms with Crippen LogP contribution in [0.3, 0.4) is 0 Å². The average molecular weight is 274 g/mol. The van der Waals surface area contributed by atoms with Crippen LogP contribution in [0.25, 0.3) is 0 Å². The Morgan fingerprint density at radius 2 is 2.05 bits per heavy atom. The summed E-state index contributed by atoms with van der Waals surface area (Å²) in [5.41, 5.74) is 0.868. The van der Waals surface area contributed by atoms with Crippen LogP contribution in [0.5, 0.6) is 0 Å². The van der Waals surface area contributed by atoms with Crippen LogP contribution in [-0.4, -0.2) is 9.91 Å². The number of halogens is 1. The Kier molecular flexibility index (Phi) is 3.74. The Hall–Kier alpha value is -2.45. The first-order valence-corrected chi connectivity index (χ1v) is 5.75. The number of nitrogens with zero attached hydrogens (tertiary/aromatic N) is 3. The number of rotatable bonds is 3. The summed E-state index contributed by atoms with van der Waals surface area (Å²) >= 11 is 5.98. The first kappa shape index (κ1) is 13.0. The molecule has 0 saturated carbocycles. The van der Waals surface area contributed by atoms with Crippen molar-refractivity contribution < 1.29 is 4.92 Å². The first-order chi connectivity index (χ1) is 9.13. The summed E-state index contributed by atoms with van der Waals surface area (Å²) in [7, 11) is 0. The lowest BCUT2D eigenvalue weighted by molar-refractivity contribution is -0.385. The summed E-state index contributed by atoms with van der Waals surface area (Å²) in [5.74, 6) is -0.644. The van der Waals surface area contributed by atoms with Gasteiger partial charge in [0.25, 0.3) is 5.69 Å². The fourth-order valence-electron chi connectivity index (χ4n) is 1.69. The number of benzene rings is 1. The molecule has 0 amide bonds. The van der Waals surface area contributed by atoms with Gasteiger partial charge in [-0.3, -0.25) is 15.1 Å². The van der Waals surface area contributed by atoms with Crippen LogP contribution in [-0.2, 0) is 0 Å². The van der Waals surface area contributed by atoms with Gasteiger partial charge in [0.15, 0.2) is 0 Å². The Labute approximate surface area is 114 Å². The molecule has 1 aromatic carbocycles. The number of aromatic nitrogens is 1. The van der Waals surface area contributed by atoms with Gasteiger partial charge in [0.05, 0.1) is 21.7 Å². The van der Waals surface area contributed by atoms with Crippen LogP contribution >= 0.6 is 11.6 Å². The molecular weight excluding hydrogens is 266 g/mol. The van der Waals surface area contributed by atoms with Gasteiger partial charge in [-0.2, -0.15) is 5.26 Å². The van der Waals surface area contributed by atoms with Gasteiger partial charge in [-0.05, 0) is 5.56 Å². The van der Waals surface area contributed by atoms with E-state index in [0.29, 0.717) is 5.69 Å². The van der Waals surface area contributed by atoms with Crippen molar-refractivity contribution in [2.24, 2.45) is 0 Å². The SMILES string of the molecule is N#CC(c1ccccc1)c1ncc([N+](=O)[O-])cc1Cl. The Bertz CT molecular complexity index is 653. The smallest absolute Gasteiger partial charge is 0.258 e.